The number of pyridine rings is 8. The minimum absolute atomic E-state index is 1.06. The van der Waals surface area contributed by atoms with Gasteiger partial charge in [0.2, 0.25) is 16.6 Å². The van der Waals surface area contributed by atoms with Gasteiger partial charge >= 0.3 is 0 Å². The lowest BCUT2D eigenvalue weighted by molar-refractivity contribution is -0.677. The Labute approximate surface area is 682 Å². The molecule has 0 aliphatic rings. The quantitative estimate of drug-likeness (QED) is 0.140. The molecule has 16 rings (SSSR count). The van der Waals surface area contributed by atoms with E-state index in [0.29, 0.717) is 0 Å². The zero-order valence-corrected chi connectivity index (χ0v) is 75.2. The van der Waals surface area contributed by atoms with E-state index in [1.54, 1.807) is 11.3 Å². The van der Waals surface area contributed by atoms with Gasteiger partial charge in [-0.15, -0.1) is 34.0 Å². The van der Waals surface area contributed by atoms with E-state index in [0.717, 1.165) is 61.9 Å². The van der Waals surface area contributed by atoms with Gasteiger partial charge in [0, 0.05) is 155 Å². The average molecular weight is 1550 g/mol. The number of hydrogen-bond donors (Lipinski definition) is 0. The maximum atomic E-state index is 4.47. The van der Waals surface area contributed by atoms with Crippen molar-refractivity contribution in [2.45, 2.75) is 183 Å². The zero-order valence-electron chi connectivity index (χ0n) is 72.7. The summed E-state index contributed by atoms with van der Waals surface area (Å²) in [4.78, 5) is 5.91. The van der Waals surface area contributed by atoms with Gasteiger partial charge in [-0.2, -0.15) is 13.7 Å². The normalized spacial score (nSPS) is 10.9. The molecular formula is C100H127N9S3+8. The van der Waals surface area contributed by atoms with Gasteiger partial charge in [-0.05, 0) is 156 Å². The van der Waals surface area contributed by atoms with Gasteiger partial charge in [0.25, 0.3) is 0 Å². The summed E-state index contributed by atoms with van der Waals surface area (Å²) in [6.07, 6.45) is 19.4. The van der Waals surface area contributed by atoms with Crippen LogP contribution in [0.2, 0.25) is 0 Å². The largest absolute Gasteiger partial charge is 0.241 e. The van der Waals surface area contributed by atoms with Crippen molar-refractivity contribution < 1.29 is 36.5 Å². The lowest BCUT2D eigenvalue weighted by Gasteiger charge is -2.08. The number of hydrogen-bond acceptors (Lipinski definition) is 4. The predicted octanol–water partition coefficient (Wildman–Crippen LogP) is 20.8. The summed E-state index contributed by atoms with van der Waals surface area (Å²) >= 11 is 5.57. The van der Waals surface area contributed by atoms with Crippen molar-refractivity contribution in [2.75, 3.05) is 0 Å². The molecule has 112 heavy (non-hydrogen) atoms. The van der Waals surface area contributed by atoms with Gasteiger partial charge in [-0.1, -0.05) is 121 Å². The monoisotopic (exact) mass is 1550 g/mol. The smallest absolute Gasteiger partial charge is 0.213 e. The lowest BCUT2D eigenvalue weighted by atomic mass is 10.0. The number of thiophene rings is 2. The Balaban J connectivity index is 0.000000147. The molecule has 0 radical (unpaired) electrons. The third-order valence-corrected chi connectivity index (χ3v) is 25.8. The molecule has 11 aromatic heterocycles. The van der Waals surface area contributed by atoms with E-state index in [9.17, 15) is 0 Å². The third-order valence-electron chi connectivity index (χ3n) is 22.3. The van der Waals surface area contributed by atoms with Gasteiger partial charge in [-0.25, -0.2) is 27.8 Å². The number of rotatable bonds is 8. The van der Waals surface area contributed by atoms with Crippen LogP contribution < -0.4 is 36.5 Å². The van der Waals surface area contributed by atoms with E-state index in [4.69, 9.17) is 0 Å². The molecule has 5 aromatic carbocycles. The molecule has 9 nitrogen and oxygen atoms in total. The van der Waals surface area contributed by atoms with Crippen molar-refractivity contribution in [3.8, 4) is 0 Å². The van der Waals surface area contributed by atoms with Gasteiger partial charge in [0.1, 0.15) is 70.5 Å². The second-order valence-corrected chi connectivity index (χ2v) is 33.5. The zero-order chi connectivity index (χ0) is 81.5. The molecule has 0 saturated heterocycles. The molecule has 0 bridgehead atoms. The fraction of sp³-hybridized carbons (Fsp3) is 0.350. The van der Waals surface area contributed by atoms with Crippen LogP contribution in [0.4, 0.5) is 0 Å². The molecule has 0 aliphatic heterocycles. The summed E-state index contributed by atoms with van der Waals surface area (Å²) in [5.41, 5.74) is 28.7. The highest BCUT2D eigenvalue weighted by atomic mass is 32.1. The van der Waals surface area contributed by atoms with Crippen LogP contribution in [0.25, 0.3) is 84.6 Å². The number of thiazole rings is 1. The molecule has 0 fully saturated rings. The Morgan fingerprint density at radius 1 is 0.304 bits per heavy atom. The van der Waals surface area contributed by atoms with Crippen molar-refractivity contribution >= 4 is 119 Å². The predicted molar refractivity (Wildman–Crippen MR) is 480 cm³/mol. The van der Waals surface area contributed by atoms with Crippen molar-refractivity contribution in [2.24, 2.45) is 56.4 Å². The van der Waals surface area contributed by atoms with E-state index in [2.05, 4.69) is 411 Å². The number of fused-ring (bicyclic) bond motifs is 8. The van der Waals surface area contributed by atoms with Crippen LogP contribution >= 0.6 is 34.0 Å². The fourth-order valence-corrected chi connectivity index (χ4v) is 19.4. The molecule has 0 unspecified atom stereocenters. The van der Waals surface area contributed by atoms with Crippen LogP contribution in [0, 0.1) is 76.2 Å². The highest BCUT2D eigenvalue weighted by molar-refractivity contribution is 7.19. The minimum Gasteiger partial charge on any atom is -0.241 e. The Bertz CT molecular complexity index is 5970. The first kappa shape index (κ1) is 86.4. The highest BCUT2D eigenvalue weighted by Gasteiger charge is 2.20. The molecule has 12 heteroatoms. The van der Waals surface area contributed by atoms with Crippen LogP contribution in [0.5, 0.6) is 0 Å². The standard InChI is InChI=1S/C15H20N.4C13H16N.C12H16NS.C11H14NS.C10H13N2S/c1-6-13-9-12(4)15-11(3)7-10(2)8-14(15)16(13)5;1-4-13-12-6-5-10(2)9-11(12)7-8-14(13)3;1-4-13-12-9-10(2)5-6-11(12)7-8-14(13)3;1-4-11-8-9-12-10(2)6-5-7-13(12)14(11)3;1-4-11-9-10(2)12-7-5-6-8-13(12)14(11)3;1-5-11-12-10(6-7-13(11)4)8(2)9(3)14-12;1-4-10-11-9(5-6-12(10)3)8(2)7-13-11;1-4-9-10-8(5-6-12(9)3)11-7(2)13-10/h7-9H,6H2,1-5H3;4*5-9H,4H2,1-3H3;6-7H,5H2,1-4H3;5-7H,4H2,1-3H3;5-6H,4H2,1-3H3/q8*+1. The van der Waals surface area contributed by atoms with Crippen LogP contribution in [-0.4, -0.2) is 4.98 Å². The van der Waals surface area contributed by atoms with Crippen LogP contribution in [-0.2, 0) is 108 Å². The molecule has 0 amide bonds. The SMILES string of the molecule is CCc1c2cc(C)ccc2cc[n+]1C.CCc1c2ccc(C)cc2cc[n+]1C.CCc1c2sc(C)c(C)c2cc[n+]1C.CCc1c2sc(C)nc2cc[n+]1C.CCc1c2scc(C)c2cc[n+]1C.CCc1cc(C)c2c(C)cc(C)cc2[n+]1C.CCc1cc(C)c2ccccc2[n+]1C.CCc1ccc2c(C)cccc2[n+]1C. The Morgan fingerprint density at radius 2 is 0.786 bits per heavy atom. The first-order valence-electron chi connectivity index (χ1n) is 40.4. The lowest BCUT2D eigenvalue weighted by Crippen LogP contribution is -2.34. The minimum atomic E-state index is 1.06. The summed E-state index contributed by atoms with van der Waals surface area (Å²) in [5.74, 6) is 0. The van der Waals surface area contributed by atoms with Crippen LogP contribution in [0.3, 0.4) is 0 Å². The van der Waals surface area contributed by atoms with E-state index in [-0.39, 0.29) is 0 Å². The molecule has 0 N–H and O–H groups in total. The fourth-order valence-electron chi connectivity index (χ4n) is 15.8. The van der Waals surface area contributed by atoms with E-state index < -0.39 is 0 Å². The van der Waals surface area contributed by atoms with Crippen molar-refractivity contribution in [3.63, 3.8) is 0 Å². The molecule has 11 heterocycles. The molecular weight excluding hydrogens is 1420 g/mol. The number of benzene rings is 5. The summed E-state index contributed by atoms with van der Waals surface area (Å²) in [6, 6.07) is 52.8. The highest BCUT2D eigenvalue weighted by Crippen LogP contribution is 2.32. The first-order chi connectivity index (χ1) is 53.6. The first-order valence-corrected chi connectivity index (χ1v) is 42.9. The van der Waals surface area contributed by atoms with Gasteiger partial charge in [0.15, 0.2) is 76.5 Å². The Kier molecular flexibility index (Phi) is 30.3. The number of nitrogens with zero attached hydrogens (tertiary/aromatic N) is 9. The maximum absolute atomic E-state index is 4.47. The topological polar surface area (TPSA) is 43.9 Å². The second kappa shape index (κ2) is 39.2. The Morgan fingerprint density at radius 3 is 1.41 bits per heavy atom. The number of aryl methyl sites for hydroxylation is 27. The number of aromatic nitrogens is 9. The Hall–Kier alpha value is -9.59. The van der Waals surface area contributed by atoms with Gasteiger partial charge in [-0.3, -0.25) is 0 Å². The third kappa shape index (κ3) is 19.7. The van der Waals surface area contributed by atoms with E-state index >= 15 is 0 Å². The summed E-state index contributed by atoms with van der Waals surface area (Å²) in [6.45, 7) is 41.5. The van der Waals surface area contributed by atoms with Crippen LogP contribution in [0.1, 0.15) is 161 Å². The van der Waals surface area contributed by atoms with Gasteiger partial charge in [0.05, 0.1) is 15.9 Å². The van der Waals surface area contributed by atoms with E-state index in [1.165, 1.54) is 180 Å². The van der Waals surface area contributed by atoms with Crippen LogP contribution in [0.15, 0.2) is 182 Å². The molecule has 582 valence electrons. The maximum Gasteiger partial charge on any atom is 0.213 e. The van der Waals surface area contributed by atoms with E-state index in [1.807, 2.05) is 22.7 Å². The van der Waals surface area contributed by atoms with Crippen molar-refractivity contribution in [3.05, 3.63) is 287 Å². The molecule has 0 saturated carbocycles. The molecule has 16 aromatic rings. The molecule has 0 atom stereocenters. The molecule has 0 spiro atoms. The number of para-hydroxylation sites is 1. The summed E-state index contributed by atoms with van der Waals surface area (Å²) in [5, 5.41) is 15.8. The summed E-state index contributed by atoms with van der Waals surface area (Å²) in [7, 11) is 17.0. The molecule has 0 aliphatic carbocycles. The van der Waals surface area contributed by atoms with Crippen molar-refractivity contribution in [1.29, 1.82) is 0 Å². The van der Waals surface area contributed by atoms with Crippen molar-refractivity contribution in [1.82, 2.24) is 4.98 Å². The van der Waals surface area contributed by atoms with Gasteiger partial charge < -0.3 is 0 Å². The summed E-state index contributed by atoms with van der Waals surface area (Å²) < 4.78 is 22.2. The second-order valence-electron chi connectivity index (χ2n) is 30.2. The average Bonchev–Trinajstić information content (AvgIpc) is 1.46.